The smallest absolute Gasteiger partial charge is 0.251 e. The Morgan fingerprint density at radius 3 is 2.86 bits per heavy atom. The van der Waals surface area contributed by atoms with Gasteiger partial charge in [0.1, 0.15) is 6.61 Å². The molecule has 114 valence electrons. The zero-order valence-corrected chi connectivity index (χ0v) is 13.3. The van der Waals surface area contributed by atoms with E-state index in [1.165, 1.54) is 18.6 Å². The molecule has 0 radical (unpaired) electrons. The van der Waals surface area contributed by atoms with Crippen LogP contribution in [0.4, 0.5) is 0 Å². The number of unbranched alkanes of at least 4 members (excludes halogenated alkanes) is 3. The van der Waals surface area contributed by atoms with E-state index in [1.54, 1.807) is 18.2 Å². The summed E-state index contributed by atoms with van der Waals surface area (Å²) in [5, 5.41) is 11.6. The minimum Gasteiger partial charge on any atom is -0.384 e. The first-order chi connectivity index (χ1) is 10.3. The van der Waals surface area contributed by atoms with Crippen LogP contribution in [-0.4, -0.2) is 36.2 Å². The predicted molar refractivity (Wildman–Crippen MR) is 89.6 cm³/mol. The number of amides is 1. The molecule has 0 atom stereocenters. The van der Waals surface area contributed by atoms with Crippen LogP contribution in [0.2, 0.25) is 0 Å². The van der Waals surface area contributed by atoms with Crippen LogP contribution in [0.5, 0.6) is 0 Å². The summed E-state index contributed by atoms with van der Waals surface area (Å²) in [5.41, 5.74) is 1.36. The number of rotatable bonds is 8. The van der Waals surface area contributed by atoms with E-state index in [1.807, 2.05) is 17.8 Å². The monoisotopic (exact) mass is 305 g/mol. The third kappa shape index (κ3) is 7.79. The summed E-state index contributed by atoms with van der Waals surface area (Å²) in [5.74, 6) is 6.54. The molecule has 0 unspecified atom stereocenters. The molecule has 0 saturated heterocycles. The van der Waals surface area contributed by atoms with Crippen molar-refractivity contribution < 1.29 is 9.90 Å². The van der Waals surface area contributed by atoms with Gasteiger partial charge in [0.15, 0.2) is 0 Å². The average Bonchev–Trinajstić information content (AvgIpc) is 2.52. The second-order valence-electron chi connectivity index (χ2n) is 4.70. The molecule has 21 heavy (non-hydrogen) atoms. The molecule has 1 amide bonds. The van der Waals surface area contributed by atoms with E-state index in [9.17, 15) is 4.79 Å². The van der Waals surface area contributed by atoms with Gasteiger partial charge in [-0.3, -0.25) is 4.79 Å². The average molecular weight is 305 g/mol. The number of nitrogens with one attached hydrogen (secondary N) is 1. The number of aliphatic hydroxyl groups is 1. The van der Waals surface area contributed by atoms with Crippen molar-refractivity contribution in [3.63, 3.8) is 0 Å². The second-order valence-corrected chi connectivity index (χ2v) is 5.69. The molecule has 0 aromatic heterocycles. The molecule has 0 heterocycles. The van der Waals surface area contributed by atoms with Gasteiger partial charge >= 0.3 is 0 Å². The molecule has 0 aliphatic carbocycles. The van der Waals surface area contributed by atoms with E-state index >= 15 is 0 Å². The molecule has 0 bridgehead atoms. The Hall–Kier alpha value is -1.44. The highest BCUT2D eigenvalue weighted by molar-refractivity contribution is 7.98. The maximum absolute atomic E-state index is 12.0. The second kappa shape index (κ2) is 11.2. The van der Waals surface area contributed by atoms with Gasteiger partial charge in [-0.25, -0.2) is 0 Å². The van der Waals surface area contributed by atoms with Crippen molar-refractivity contribution in [2.75, 3.05) is 25.2 Å². The number of carbonyl (C=O) groups excluding carboxylic acids is 1. The van der Waals surface area contributed by atoms with Crippen molar-refractivity contribution in [2.24, 2.45) is 0 Å². The Bertz CT molecular complexity index is 491. The quantitative estimate of drug-likeness (QED) is 0.573. The zero-order chi connectivity index (χ0) is 15.3. The summed E-state index contributed by atoms with van der Waals surface area (Å²) < 4.78 is 0. The Morgan fingerprint density at radius 2 is 2.10 bits per heavy atom. The highest BCUT2D eigenvalue weighted by Crippen LogP contribution is 2.06. The molecule has 0 fully saturated rings. The van der Waals surface area contributed by atoms with Crippen molar-refractivity contribution >= 4 is 17.7 Å². The van der Waals surface area contributed by atoms with Gasteiger partial charge in [-0.05, 0) is 43.0 Å². The number of benzene rings is 1. The molecule has 1 aromatic carbocycles. The Kier molecular flexibility index (Phi) is 9.43. The van der Waals surface area contributed by atoms with Gasteiger partial charge < -0.3 is 10.4 Å². The molecule has 1 rings (SSSR count). The summed E-state index contributed by atoms with van der Waals surface area (Å²) in [7, 11) is 0. The summed E-state index contributed by atoms with van der Waals surface area (Å²) in [4.78, 5) is 12.0. The number of thioether (sulfide) groups is 1. The maximum Gasteiger partial charge on any atom is 0.251 e. The highest BCUT2D eigenvalue weighted by Gasteiger charge is 2.04. The van der Waals surface area contributed by atoms with Gasteiger partial charge in [-0.15, -0.1) is 0 Å². The summed E-state index contributed by atoms with van der Waals surface area (Å²) in [6.07, 6.45) is 6.77. The van der Waals surface area contributed by atoms with Crippen molar-refractivity contribution in [3.05, 3.63) is 35.4 Å². The van der Waals surface area contributed by atoms with Crippen molar-refractivity contribution in [1.29, 1.82) is 0 Å². The molecule has 3 nitrogen and oxygen atoms in total. The SMILES string of the molecule is CSCCCCCCNC(=O)c1cccc(C#CCO)c1. The molecule has 0 aliphatic heterocycles. The lowest BCUT2D eigenvalue weighted by atomic mass is 10.1. The molecular formula is C17H23NO2S. The van der Waals surface area contributed by atoms with Crippen LogP contribution in [0.1, 0.15) is 41.6 Å². The van der Waals surface area contributed by atoms with Crippen LogP contribution in [0.15, 0.2) is 24.3 Å². The van der Waals surface area contributed by atoms with Gasteiger partial charge in [-0.1, -0.05) is 30.7 Å². The van der Waals surface area contributed by atoms with Gasteiger partial charge in [0.25, 0.3) is 5.91 Å². The van der Waals surface area contributed by atoms with Crippen LogP contribution < -0.4 is 5.32 Å². The van der Waals surface area contributed by atoms with Crippen LogP contribution in [0, 0.1) is 11.8 Å². The van der Waals surface area contributed by atoms with Gasteiger partial charge in [-0.2, -0.15) is 11.8 Å². The van der Waals surface area contributed by atoms with E-state index in [0.29, 0.717) is 12.1 Å². The highest BCUT2D eigenvalue weighted by atomic mass is 32.2. The lowest BCUT2D eigenvalue weighted by molar-refractivity contribution is 0.0953. The van der Waals surface area contributed by atoms with E-state index in [4.69, 9.17) is 5.11 Å². The number of hydrogen-bond donors (Lipinski definition) is 2. The van der Waals surface area contributed by atoms with Gasteiger partial charge in [0.2, 0.25) is 0 Å². The Morgan fingerprint density at radius 1 is 1.29 bits per heavy atom. The lowest BCUT2D eigenvalue weighted by Crippen LogP contribution is -2.24. The van der Waals surface area contributed by atoms with Crippen LogP contribution in [0.25, 0.3) is 0 Å². The number of carbonyl (C=O) groups is 1. The molecule has 0 spiro atoms. The number of hydrogen-bond acceptors (Lipinski definition) is 3. The largest absolute Gasteiger partial charge is 0.384 e. The van der Waals surface area contributed by atoms with E-state index < -0.39 is 0 Å². The molecule has 1 aromatic rings. The lowest BCUT2D eigenvalue weighted by Gasteiger charge is -2.05. The maximum atomic E-state index is 12.0. The third-order valence-corrected chi connectivity index (χ3v) is 3.69. The fraction of sp³-hybridized carbons (Fsp3) is 0.471. The molecule has 0 saturated carbocycles. The van der Waals surface area contributed by atoms with Crippen LogP contribution in [-0.2, 0) is 0 Å². The molecule has 4 heteroatoms. The molecule has 0 aliphatic rings. The Labute approximate surface area is 131 Å². The van der Waals surface area contributed by atoms with E-state index in [2.05, 4.69) is 23.4 Å². The van der Waals surface area contributed by atoms with E-state index in [-0.39, 0.29) is 12.5 Å². The van der Waals surface area contributed by atoms with E-state index in [0.717, 1.165) is 18.4 Å². The summed E-state index contributed by atoms with van der Waals surface area (Å²) >= 11 is 1.88. The van der Waals surface area contributed by atoms with Crippen molar-refractivity contribution in [2.45, 2.75) is 25.7 Å². The van der Waals surface area contributed by atoms with Gasteiger partial charge in [0, 0.05) is 17.7 Å². The third-order valence-electron chi connectivity index (χ3n) is 3.00. The summed E-state index contributed by atoms with van der Waals surface area (Å²) in [6, 6.07) is 7.15. The first-order valence-corrected chi connectivity index (χ1v) is 8.64. The standard InChI is InChI=1S/C17H23NO2S/c1-21-13-5-3-2-4-11-18-17(20)16-10-6-8-15(14-16)9-7-12-19/h6,8,10,14,19H,2-5,11-13H2,1H3,(H,18,20). The minimum atomic E-state index is -0.174. The van der Waals surface area contributed by atoms with Crippen LogP contribution >= 0.6 is 11.8 Å². The molecule has 2 N–H and O–H groups in total. The minimum absolute atomic E-state index is 0.0632. The van der Waals surface area contributed by atoms with Gasteiger partial charge in [0.05, 0.1) is 0 Å². The topological polar surface area (TPSA) is 49.3 Å². The fourth-order valence-electron chi connectivity index (χ4n) is 1.91. The zero-order valence-electron chi connectivity index (χ0n) is 12.5. The predicted octanol–water partition coefficient (Wildman–Crippen LogP) is 2.68. The first-order valence-electron chi connectivity index (χ1n) is 7.25. The number of aliphatic hydroxyl groups excluding tert-OH is 1. The van der Waals surface area contributed by atoms with Crippen molar-refractivity contribution in [1.82, 2.24) is 5.32 Å². The van der Waals surface area contributed by atoms with Crippen LogP contribution in [0.3, 0.4) is 0 Å². The first kappa shape index (κ1) is 17.6. The van der Waals surface area contributed by atoms with Crippen molar-refractivity contribution in [3.8, 4) is 11.8 Å². The summed E-state index contributed by atoms with van der Waals surface area (Å²) in [6.45, 7) is 0.539. The fourth-order valence-corrected chi connectivity index (χ4v) is 2.40. The molecular weight excluding hydrogens is 282 g/mol. The Balaban J connectivity index is 2.32. The normalized spacial score (nSPS) is 9.81.